The number of aliphatic hydroxyl groups excluding tert-OH is 1. The molecule has 1 fully saturated rings. The lowest BCUT2D eigenvalue weighted by Gasteiger charge is -2.27. The Labute approximate surface area is 498 Å². The summed E-state index contributed by atoms with van der Waals surface area (Å²) >= 11 is 0. The van der Waals surface area contributed by atoms with Crippen LogP contribution >= 0.6 is 21.6 Å². The second-order valence-electron chi connectivity index (χ2n) is 21.8. The number of nitrogens with zero attached hydrogens (tertiary/aromatic N) is 5. The van der Waals surface area contributed by atoms with Crippen LogP contribution in [0.3, 0.4) is 0 Å². The number of aliphatic imine (C=N–C) groups is 1. The number of hydroxylamine groups is 2. The van der Waals surface area contributed by atoms with Gasteiger partial charge < -0.3 is 58.2 Å². The van der Waals surface area contributed by atoms with Crippen molar-refractivity contribution >= 4 is 79.9 Å². The first-order chi connectivity index (χ1) is 40.8. The molecular weight excluding hydrogens is 1110 g/mol. The van der Waals surface area contributed by atoms with E-state index in [1.165, 1.54) is 12.2 Å². The minimum atomic E-state index is -0.748. The van der Waals surface area contributed by atoms with Gasteiger partial charge in [0.25, 0.3) is 11.8 Å². The van der Waals surface area contributed by atoms with Crippen LogP contribution in [-0.4, -0.2) is 143 Å². The highest BCUT2D eigenvalue weighted by molar-refractivity contribution is 8.77. The molecule has 5 aliphatic rings. The van der Waals surface area contributed by atoms with Gasteiger partial charge in [-0.05, 0) is 111 Å². The van der Waals surface area contributed by atoms with Crippen molar-refractivity contribution in [2.75, 3.05) is 99.8 Å². The highest BCUT2D eigenvalue weighted by atomic mass is 33.1. The third-order valence-corrected chi connectivity index (χ3v) is 18.8. The number of ether oxygens (including phenoxy) is 7. The molecule has 5 heterocycles. The van der Waals surface area contributed by atoms with Gasteiger partial charge in [0.1, 0.15) is 19.4 Å². The Morgan fingerprint density at radius 2 is 1.42 bits per heavy atom. The fourth-order valence-electron chi connectivity index (χ4n) is 11.1. The molecule has 0 saturated carbocycles. The molecule has 5 aromatic carbocycles. The second-order valence-corrected chi connectivity index (χ2v) is 24.9. The normalized spacial score (nSPS) is 17.7. The van der Waals surface area contributed by atoms with Crippen LogP contribution in [0, 0.1) is 0 Å². The lowest BCUT2D eigenvalue weighted by Crippen LogP contribution is -2.39. The van der Waals surface area contributed by atoms with Crippen molar-refractivity contribution in [1.29, 1.82) is 0 Å². The van der Waals surface area contributed by atoms with E-state index in [-0.39, 0.29) is 79.7 Å². The summed E-state index contributed by atoms with van der Waals surface area (Å²) in [7, 11) is 8.03. The molecule has 3 atom stereocenters. The van der Waals surface area contributed by atoms with Gasteiger partial charge in [-0.1, -0.05) is 58.0 Å². The molecule has 10 rings (SSSR count). The number of aliphatic hydroxyl groups is 1. The van der Waals surface area contributed by atoms with Crippen LogP contribution < -0.4 is 39.0 Å². The van der Waals surface area contributed by atoms with Crippen molar-refractivity contribution in [3.05, 3.63) is 124 Å². The van der Waals surface area contributed by atoms with Crippen LogP contribution in [-0.2, 0) is 54.7 Å². The first-order valence-electron chi connectivity index (χ1n) is 28.7. The summed E-state index contributed by atoms with van der Waals surface area (Å²) in [6.07, 6.45) is 5.45. The summed E-state index contributed by atoms with van der Waals surface area (Å²) in [6.45, 7) is 7.38. The van der Waals surface area contributed by atoms with E-state index in [2.05, 4.69) is 25.2 Å². The van der Waals surface area contributed by atoms with Crippen LogP contribution in [0.1, 0.15) is 95.3 Å². The molecule has 2 unspecified atom stereocenters. The van der Waals surface area contributed by atoms with Gasteiger partial charge in [-0.2, -0.15) is 0 Å². The topological polar surface area (TPSA) is 200 Å². The molecule has 5 aliphatic heterocycles. The fourth-order valence-corrected chi connectivity index (χ4v) is 13.7. The molecular formula is C63H74N6O13S2. The van der Waals surface area contributed by atoms with Gasteiger partial charge in [0.15, 0.2) is 23.0 Å². The maximum Gasteiger partial charge on any atom is 0.325 e. The Kier molecular flexibility index (Phi) is 20.0. The summed E-state index contributed by atoms with van der Waals surface area (Å²) in [6, 6.07) is 28.4. The molecule has 2 N–H and O–H groups in total. The predicted octanol–water partition coefficient (Wildman–Crippen LogP) is 9.75. The monoisotopic (exact) mass is 1190 g/mol. The quantitative estimate of drug-likeness (QED) is 0.0354. The highest BCUT2D eigenvalue weighted by Crippen LogP contribution is 2.44. The number of benzene rings is 5. The number of rotatable bonds is 28. The van der Waals surface area contributed by atoms with Crippen molar-refractivity contribution in [3.63, 3.8) is 0 Å². The third kappa shape index (κ3) is 14.3. The lowest BCUT2D eigenvalue weighted by atomic mass is 10.1. The molecule has 84 heavy (non-hydrogen) atoms. The second kappa shape index (κ2) is 27.9. The van der Waals surface area contributed by atoms with Crippen molar-refractivity contribution < 1.29 is 62.3 Å². The number of fused-ring (bicyclic) bond motifs is 8. The van der Waals surface area contributed by atoms with Crippen molar-refractivity contribution in [2.45, 2.75) is 101 Å². The van der Waals surface area contributed by atoms with E-state index in [4.69, 9.17) is 43.0 Å². The molecule has 0 aromatic heterocycles. The van der Waals surface area contributed by atoms with Gasteiger partial charge in [0.2, 0.25) is 5.91 Å². The van der Waals surface area contributed by atoms with Crippen LogP contribution in [0.4, 0.5) is 28.4 Å². The minimum absolute atomic E-state index is 0.0287. The maximum absolute atomic E-state index is 14.8. The number of hydrogen-bond acceptors (Lipinski definition) is 18. The van der Waals surface area contributed by atoms with E-state index in [0.29, 0.717) is 133 Å². The summed E-state index contributed by atoms with van der Waals surface area (Å²) in [5.74, 6) is 1.47. The number of anilines is 4. The Morgan fingerprint density at radius 3 is 2.12 bits per heavy atom. The number of nitrogens with one attached hydrogen (secondary N) is 1. The van der Waals surface area contributed by atoms with E-state index < -0.39 is 6.23 Å². The number of hydrogen-bond donors (Lipinski definition) is 2. The van der Waals surface area contributed by atoms with Crippen LogP contribution in [0.25, 0.3) is 0 Å². The van der Waals surface area contributed by atoms with E-state index in [1.54, 1.807) is 63.8 Å². The Morgan fingerprint density at radius 1 is 0.762 bits per heavy atom. The fraction of sp³-hybridized carbons (Fsp3) is 0.444. The number of carbonyl (C=O) groups excluding carboxylic acids is 4. The molecule has 19 nitrogen and oxygen atoms in total. The van der Waals surface area contributed by atoms with E-state index in [9.17, 15) is 24.3 Å². The number of methoxy groups -OCH3 is 3. The minimum Gasteiger partial charge on any atom is -0.493 e. The number of carbonyl (C=O) groups is 4. The SMILES string of the molecule is COCCOCCOCCN(C(=O)CCC(C)(C)SSCCCC(=O)ON1CCCC1O)c1cc(COc2cc3c(cc2OC)C(=O)N2c4ccccc4C[C@H]2C=N3)cc(COc2cc3c(cc2OC)C(=O)N2c4ccccc4CC2CN3)c1. The number of amides is 3. The van der Waals surface area contributed by atoms with Gasteiger partial charge in [0, 0.05) is 91.9 Å². The van der Waals surface area contributed by atoms with Crippen LogP contribution in [0.15, 0.2) is 96.0 Å². The Hall–Kier alpha value is -6.85. The van der Waals surface area contributed by atoms with Gasteiger partial charge in [0.05, 0.1) is 81.8 Å². The standard InChI is InChI=1S/C63H74N6O13S2/c1-63(2,84-83-27-11-17-60(72)82-67-20-10-16-59(67)71)19-18-58(70)66(21-22-78-25-26-79-24-23-75-3)45-29-41(39-80-56-35-50-48(33-54(56)76-4)61(73)68-46(37-64-50)31-43-12-6-8-14-52(43)68)28-42(30-45)40-81-57-36-51-49(34-55(57)77-5)62(74)69-47(38-65-51)32-44-13-7-9-15-53(44)69/h6-9,12-15,28-30,33-37,46-47,59,65,71H,10-11,16-27,31-32,38-40H2,1-5H3/t46-,47?,59?/m0/s1. The average molecular weight is 1190 g/mol. The zero-order valence-electron chi connectivity index (χ0n) is 48.3. The molecule has 0 radical (unpaired) electrons. The van der Waals surface area contributed by atoms with Crippen molar-refractivity contribution in [3.8, 4) is 23.0 Å². The largest absolute Gasteiger partial charge is 0.493 e. The van der Waals surface area contributed by atoms with Crippen LogP contribution in [0.5, 0.6) is 23.0 Å². The highest BCUT2D eigenvalue weighted by Gasteiger charge is 2.39. The van der Waals surface area contributed by atoms with Gasteiger partial charge in [-0.15, -0.1) is 5.06 Å². The summed E-state index contributed by atoms with van der Waals surface area (Å²) in [5.41, 5.74) is 7.98. The molecule has 0 aliphatic carbocycles. The smallest absolute Gasteiger partial charge is 0.325 e. The number of para-hydroxylation sites is 2. The average Bonchev–Trinajstić information content (AvgIpc) is 4.34. The first-order valence-corrected chi connectivity index (χ1v) is 31.0. The molecule has 1 saturated heterocycles. The molecule has 446 valence electrons. The summed E-state index contributed by atoms with van der Waals surface area (Å²) in [5, 5.41) is 14.9. The van der Waals surface area contributed by atoms with E-state index in [0.717, 1.165) is 35.3 Å². The summed E-state index contributed by atoms with van der Waals surface area (Å²) in [4.78, 5) is 71.4. The van der Waals surface area contributed by atoms with Gasteiger partial charge in [-0.25, -0.2) is 0 Å². The molecule has 5 aromatic rings. The maximum atomic E-state index is 14.8. The van der Waals surface area contributed by atoms with Crippen molar-refractivity contribution in [1.82, 2.24) is 5.06 Å². The first kappa shape index (κ1) is 60.3. The van der Waals surface area contributed by atoms with Gasteiger partial charge in [-0.3, -0.25) is 29.1 Å². The predicted molar refractivity (Wildman–Crippen MR) is 326 cm³/mol. The van der Waals surface area contributed by atoms with E-state index >= 15 is 0 Å². The third-order valence-electron chi connectivity index (χ3n) is 15.4. The molecule has 0 bridgehead atoms. The van der Waals surface area contributed by atoms with Crippen LogP contribution in [0.2, 0.25) is 0 Å². The van der Waals surface area contributed by atoms with Gasteiger partial charge >= 0.3 is 5.97 Å². The van der Waals surface area contributed by atoms with E-state index in [1.807, 2.05) is 77.8 Å². The molecule has 0 spiro atoms. The Bertz CT molecular complexity index is 3220. The Balaban J connectivity index is 0.897. The zero-order valence-corrected chi connectivity index (χ0v) is 49.9. The molecule has 21 heteroatoms. The molecule has 3 amide bonds. The van der Waals surface area contributed by atoms with Crippen molar-refractivity contribution in [2.24, 2.45) is 4.99 Å². The zero-order chi connectivity index (χ0) is 58.7. The lowest BCUT2D eigenvalue weighted by molar-refractivity contribution is -0.219. The summed E-state index contributed by atoms with van der Waals surface area (Å²) < 4.78 is 41.6.